The first-order valence-electron chi connectivity index (χ1n) is 28.5. The molecule has 480 valence electrons. The summed E-state index contributed by atoms with van der Waals surface area (Å²) >= 11 is 0. The minimum Gasteiger partial charge on any atom is -0.508 e. The Bertz CT molecular complexity index is 3030. The normalized spacial score (nSPS) is 24.9. The molecule has 4 heterocycles. The van der Waals surface area contributed by atoms with Crippen LogP contribution in [0.4, 0.5) is 13.2 Å². The van der Waals surface area contributed by atoms with Crippen molar-refractivity contribution in [2.24, 2.45) is 11.7 Å². The summed E-state index contributed by atoms with van der Waals surface area (Å²) in [5.74, 6) is -9.26. The van der Waals surface area contributed by atoms with E-state index in [1.807, 2.05) is 24.3 Å². The first kappa shape index (κ1) is 68.8. The van der Waals surface area contributed by atoms with Crippen LogP contribution in [0.3, 0.4) is 0 Å². The SMILES string of the molecule is CCCCCOc1ccc(-c2cc(-c3ccc(C(=O)N[C@H]4CC(NCCN)CNC(=O)[C@@H]5[C@@H](O)[C@@H](C)CN5C(=O)[C@H](CO)NC(=O)[C@H]([C@H](O)Cc5ccc(O)cc5)NC(=O)[C@@H]5C[C@@H](O)CN5C(=O)[C@H]([C@@H](C)O)NC4=O)cc3)no2)cc1.O=C(O)C(F)(F)F. The summed E-state index contributed by atoms with van der Waals surface area (Å²) in [6.45, 7) is 3.68. The predicted octanol–water partition coefficient (Wildman–Crippen LogP) is -0.948. The second-order valence-electron chi connectivity index (χ2n) is 21.7. The van der Waals surface area contributed by atoms with Gasteiger partial charge in [0.15, 0.2) is 5.76 Å². The molecule has 0 saturated carbocycles. The molecule has 0 bridgehead atoms. The number of nitrogens with one attached hydrogen (secondary N) is 6. The molecule has 1 aromatic heterocycles. The lowest BCUT2D eigenvalue weighted by molar-refractivity contribution is -0.192. The second-order valence-corrected chi connectivity index (χ2v) is 21.7. The fraction of sp³-hybridized carbons (Fsp3) is 0.500. The smallest absolute Gasteiger partial charge is 0.490 e. The van der Waals surface area contributed by atoms with Crippen LogP contribution >= 0.6 is 0 Å². The largest absolute Gasteiger partial charge is 0.508 e. The molecule has 15 N–H and O–H groups in total. The van der Waals surface area contributed by atoms with Crippen LogP contribution in [0.1, 0.15) is 68.8 Å². The average Bonchev–Trinajstić information content (AvgIpc) is 3.29. The monoisotopic (exact) mass is 1240 g/mol. The van der Waals surface area contributed by atoms with E-state index < -0.39 is 146 Å². The molecule has 12 atom stereocenters. The number of hydrogen-bond acceptors (Lipinski definition) is 19. The van der Waals surface area contributed by atoms with Gasteiger partial charge in [-0.3, -0.25) is 33.6 Å². The zero-order valence-corrected chi connectivity index (χ0v) is 48.4. The van der Waals surface area contributed by atoms with E-state index in [9.17, 15) is 77.4 Å². The highest BCUT2D eigenvalue weighted by Gasteiger charge is 2.49. The Morgan fingerprint density at radius 2 is 1.49 bits per heavy atom. The number of aliphatic hydroxyl groups excluding tert-OH is 5. The number of ether oxygens (including phenoxy) is 1. The number of carbonyl (C=O) groups is 8. The van der Waals surface area contributed by atoms with E-state index >= 15 is 0 Å². The van der Waals surface area contributed by atoms with Crippen LogP contribution in [-0.4, -0.2) is 217 Å². The van der Waals surface area contributed by atoms with Gasteiger partial charge in [-0.25, -0.2) is 4.79 Å². The van der Waals surface area contributed by atoms with Crippen molar-refractivity contribution in [3.05, 3.63) is 90.0 Å². The Kier molecular flexibility index (Phi) is 24.7. The standard InChI is InChI=1S/C56H74N10O15.C2HF3O2/c1-4-5-6-21-80-39-17-13-34(14-18-39)45-25-40(64-81-45)33-9-11-35(12-10-33)50(73)60-41-23-36(58-20-19-57)26-59-54(77)48-49(72)30(2)27-66(48)55(78)42(29-67)61-53(76)47(44(71)22-32-7-15-37(69)16-8-32)63-52(75)43-24-38(70)28-65(43)56(79)46(31(3)68)62-51(41)74;3-2(4,5)1(6)7/h7-18,25,30-31,36,38,41-44,46-49,58,67-72H,4-6,19-24,26-29,57H2,1-3H3,(H,59,77)(H,60,73)(H,61,76)(H,62,74)(H,63,75);(H,6,7)/t30-,31+,36?,38+,41-,42-,43-,44+,46-,47-,48-,49-;/m0./s1. The van der Waals surface area contributed by atoms with Crippen molar-refractivity contribution in [1.82, 2.24) is 46.9 Å². The van der Waals surface area contributed by atoms with Gasteiger partial charge in [0.25, 0.3) is 5.91 Å². The zero-order valence-electron chi connectivity index (χ0n) is 48.4. The third kappa shape index (κ3) is 18.4. The van der Waals surface area contributed by atoms with Crippen LogP contribution < -0.4 is 42.4 Å². The van der Waals surface area contributed by atoms with Crippen molar-refractivity contribution in [1.29, 1.82) is 0 Å². The molecule has 3 aliphatic rings. The Morgan fingerprint density at radius 1 is 0.841 bits per heavy atom. The highest BCUT2D eigenvalue weighted by Crippen LogP contribution is 2.29. The van der Waals surface area contributed by atoms with Gasteiger partial charge in [-0.2, -0.15) is 13.2 Å². The Balaban J connectivity index is 0.00000166. The minimum absolute atomic E-state index is 0.0760. The number of nitrogens with two attached hydrogens (primary N) is 1. The van der Waals surface area contributed by atoms with Crippen LogP contribution in [0, 0.1) is 5.92 Å². The molecule has 1 unspecified atom stereocenters. The maximum absolute atomic E-state index is 14.7. The van der Waals surface area contributed by atoms with Crippen molar-refractivity contribution in [3.63, 3.8) is 0 Å². The van der Waals surface area contributed by atoms with Crippen molar-refractivity contribution in [2.45, 2.75) is 132 Å². The van der Waals surface area contributed by atoms with E-state index in [4.69, 9.17) is 24.9 Å². The molecule has 3 saturated heterocycles. The first-order valence-corrected chi connectivity index (χ1v) is 28.5. The Morgan fingerprint density at radius 3 is 2.10 bits per heavy atom. The lowest BCUT2D eigenvalue weighted by Gasteiger charge is -2.32. The molecule has 88 heavy (non-hydrogen) atoms. The van der Waals surface area contributed by atoms with Crippen LogP contribution in [0.25, 0.3) is 22.6 Å². The molecular weight excluding hydrogens is 1170 g/mol. The Hall–Kier alpha value is -8.26. The number of carbonyl (C=O) groups excluding carboxylic acids is 7. The van der Waals surface area contributed by atoms with Crippen LogP contribution in [0.15, 0.2) is 83.4 Å². The van der Waals surface area contributed by atoms with Gasteiger partial charge in [-0.1, -0.05) is 56.1 Å². The molecule has 0 spiro atoms. The first-order chi connectivity index (χ1) is 41.7. The molecule has 3 aliphatic heterocycles. The van der Waals surface area contributed by atoms with Crippen molar-refractivity contribution in [2.75, 3.05) is 45.9 Å². The Labute approximate surface area is 503 Å². The zero-order chi connectivity index (χ0) is 64.6. The number of aliphatic hydroxyl groups is 5. The van der Waals surface area contributed by atoms with Gasteiger partial charge in [-0.05, 0) is 73.9 Å². The number of aliphatic carboxylic acids is 1. The summed E-state index contributed by atoms with van der Waals surface area (Å²) in [5, 5.41) is 92.7. The molecule has 3 aromatic carbocycles. The number of benzene rings is 3. The number of rotatable bonds is 17. The summed E-state index contributed by atoms with van der Waals surface area (Å²) in [6, 6.07) is 9.79. The van der Waals surface area contributed by atoms with Gasteiger partial charge in [0.1, 0.15) is 53.4 Å². The quantitative estimate of drug-likeness (QED) is 0.0567. The maximum atomic E-state index is 14.7. The lowest BCUT2D eigenvalue weighted by atomic mass is 10.00. The van der Waals surface area contributed by atoms with Crippen molar-refractivity contribution in [3.8, 4) is 34.1 Å². The number of halogens is 3. The second kappa shape index (κ2) is 31.6. The summed E-state index contributed by atoms with van der Waals surface area (Å²) in [5.41, 5.74) is 8.17. The van der Waals surface area contributed by atoms with Gasteiger partial charge >= 0.3 is 12.1 Å². The fourth-order valence-corrected chi connectivity index (χ4v) is 10.1. The molecule has 30 heteroatoms. The third-order valence-electron chi connectivity index (χ3n) is 14.9. The molecule has 0 radical (unpaired) electrons. The van der Waals surface area contributed by atoms with Crippen LogP contribution in [0.5, 0.6) is 11.5 Å². The highest BCUT2D eigenvalue weighted by atomic mass is 19.4. The van der Waals surface area contributed by atoms with E-state index in [0.717, 1.165) is 40.4 Å². The summed E-state index contributed by atoms with van der Waals surface area (Å²) in [4.78, 5) is 111. The topological polar surface area (TPSA) is 418 Å². The van der Waals surface area contributed by atoms with Crippen molar-refractivity contribution < 1.29 is 96.5 Å². The molecule has 7 amide bonds. The summed E-state index contributed by atoms with van der Waals surface area (Å²) in [7, 11) is 0. The number of unbranched alkanes of at least 4 members (excludes halogenated alkanes) is 2. The maximum Gasteiger partial charge on any atom is 0.490 e. The number of fused-ring (bicyclic) bond motifs is 2. The van der Waals surface area contributed by atoms with Gasteiger partial charge in [0, 0.05) is 80.3 Å². The van der Waals surface area contributed by atoms with Gasteiger partial charge in [-0.15, -0.1) is 0 Å². The number of aromatic hydroxyl groups is 1. The molecule has 7 rings (SSSR count). The summed E-state index contributed by atoms with van der Waals surface area (Å²) < 4.78 is 43.2. The third-order valence-corrected chi connectivity index (χ3v) is 14.9. The van der Waals surface area contributed by atoms with Crippen LogP contribution in [0.2, 0.25) is 0 Å². The molecular formula is C58H75F3N10O17. The van der Waals surface area contributed by atoms with E-state index in [1.165, 1.54) is 43.3 Å². The summed E-state index contributed by atoms with van der Waals surface area (Å²) in [6.07, 6.45) is -9.21. The van der Waals surface area contributed by atoms with E-state index in [1.54, 1.807) is 25.1 Å². The lowest BCUT2D eigenvalue weighted by Crippen LogP contribution is -2.63. The van der Waals surface area contributed by atoms with Crippen LogP contribution in [-0.2, 0) is 40.0 Å². The number of phenols is 1. The number of carboxylic acid groups (broad SMARTS) is 1. The number of phenolic OH excluding ortho intramolecular Hbond substituents is 1. The van der Waals surface area contributed by atoms with Crippen molar-refractivity contribution >= 4 is 47.3 Å². The molecule has 3 fully saturated rings. The number of aromatic nitrogens is 1. The number of nitrogens with zero attached hydrogens (tertiary/aromatic N) is 3. The minimum atomic E-state index is -5.08. The van der Waals surface area contributed by atoms with E-state index in [-0.39, 0.29) is 50.3 Å². The van der Waals surface area contributed by atoms with E-state index in [0.29, 0.717) is 29.2 Å². The predicted molar refractivity (Wildman–Crippen MR) is 305 cm³/mol. The highest BCUT2D eigenvalue weighted by molar-refractivity contribution is 6.00. The van der Waals surface area contributed by atoms with Gasteiger partial charge in [0.05, 0.1) is 37.6 Å². The molecule has 4 aromatic rings. The fourth-order valence-electron chi connectivity index (χ4n) is 10.1. The molecule has 27 nitrogen and oxygen atoms in total. The molecule has 0 aliphatic carbocycles. The number of amides is 7. The average molecular weight is 1240 g/mol. The number of alkyl halides is 3. The van der Waals surface area contributed by atoms with E-state index in [2.05, 4.69) is 44.0 Å². The number of carboxylic acids is 1. The number of hydrogen-bond donors (Lipinski definition) is 14. The van der Waals surface area contributed by atoms with Gasteiger partial charge in [0.2, 0.25) is 35.4 Å². The van der Waals surface area contributed by atoms with Gasteiger partial charge < -0.3 is 92.4 Å².